The van der Waals surface area contributed by atoms with Gasteiger partial charge in [0.15, 0.2) is 0 Å². The number of benzene rings is 1. The Morgan fingerprint density at radius 1 is 1.30 bits per heavy atom. The Labute approximate surface area is 119 Å². The van der Waals surface area contributed by atoms with Crippen molar-refractivity contribution in [1.82, 2.24) is 9.97 Å². The first-order chi connectivity index (χ1) is 9.65. The summed E-state index contributed by atoms with van der Waals surface area (Å²) in [5, 5.41) is 0.179. The zero-order valence-corrected chi connectivity index (χ0v) is 11.2. The summed E-state index contributed by atoms with van der Waals surface area (Å²) in [6.45, 7) is 0. The highest BCUT2D eigenvalue weighted by Gasteiger charge is 2.27. The number of rotatable bonds is 4. The molecule has 1 saturated carbocycles. The third kappa shape index (κ3) is 2.81. The van der Waals surface area contributed by atoms with Crippen molar-refractivity contribution >= 4 is 17.4 Å². The molecule has 1 fully saturated rings. The number of nitrogens with two attached hydrogens (primary N) is 1. The molecule has 0 bridgehead atoms. The molecule has 3 N–H and O–H groups in total. The first-order valence-corrected chi connectivity index (χ1v) is 6.52. The fourth-order valence-electron chi connectivity index (χ4n) is 1.76. The molecular weight excluding hydrogens is 283 g/mol. The summed E-state index contributed by atoms with van der Waals surface area (Å²) < 4.78 is 18.6. The summed E-state index contributed by atoms with van der Waals surface area (Å²) >= 11 is 5.92. The molecular formula is C13H12ClFN4O. The summed E-state index contributed by atoms with van der Waals surface area (Å²) in [5.74, 6) is 7.12. The second kappa shape index (κ2) is 5.22. The Morgan fingerprint density at radius 2 is 2.10 bits per heavy atom. The smallest absolute Gasteiger partial charge is 0.224 e. The van der Waals surface area contributed by atoms with Gasteiger partial charge >= 0.3 is 0 Å². The molecule has 7 heteroatoms. The van der Waals surface area contributed by atoms with E-state index >= 15 is 0 Å². The van der Waals surface area contributed by atoms with E-state index in [1.165, 1.54) is 18.2 Å². The lowest BCUT2D eigenvalue weighted by molar-refractivity contribution is 0.457. The highest BCUT2D eigenvalue weighted by atomic mass is 35.5. The maximum Gasteiger partial charge on any atom is 0.224 e. The highest BCUT2D eigenvalue weighted by molar-refractivity contribution is 6.32. The van der Waals surface area contributed by atoms with Crippen LogP contribution >= 0.6 is 11.6 Å². The Hall–Kier alpha value is -1.92. The number of hydrogen-bond acceptors (Lipinski definition) is 5. The highest BCUT2D eigenvalue weighted by Crippen LogP contribution is 2.39. The van der Waals surface area contributed by atoms with E-state index in [-0.39, 0.29) is 5.02 Å². The maximum absolute atomic E-state index is 13.0. The lowest BCUT2D eigenvalue weighted by atomic mass is 10.3. The van der Waals surface area contributed by atoms with E-state index in [1.807, 2.05) is 0 Å². The third-order valence-corrected chi connectivity index (χ3v) is 3.21. The summed E-state index contributed by atoms with van der Waals surface area (Å²) in [7, 11) is 0. The number of hydrazine groups is 1. The van der Waals surface area contributed by atoms with Gasteiger partial charge in [-0.3, -0.25) is 0 Å². The molecule has 0 saturated heterocycles. The lowest BCUT2D eigenvalue weighted by Gasteiger charge is -2.09. The van der Waals surface area contributed by atoms with Gasteiger partial charge in [0, 0.05) is 12.0 Å². The molecule has 0 spiro atoms. The van der Waals surface area contributed by atoms with Crippen molar-refractivity contribution in [2.24, 2.45) is 5.84 Å². The van der Waals surface area contributed by atoms with E-state index in [0.717, 1.165) is 12.8 Å². The molecule has 104 valence electrons. The van der Waals surface area contributed by atoms with Crippen LogP contribution in [-0.2, 0) is 0 Å². The van der Waals surface area contributed by atoms with Crippen LogP contribution in [0.25, 0.3) is 0 Å². The molecule has 1 aromatic heterocycles. The van der Waals surface area contributed by atoms with Gasteiger partial charge in [-0.1, -0.05) is 11.6 Å². The van der Waals surface area contributed by atoms with Gasteiger partial charge in [0.05, 0.1) is 5.02 Å². The zero-order valence-electron chi connectivity index (χ0n) is 10.4. The monoisotopic (exact) mass is 294 g/mol. The maximum atomic E-state index is 13.0. The fraction of sp³-hybridized carbons (Fsp3) is 0.231. The average molecular weight is 295 g/mol. The molecule has 0 aliphatic heterocycles. The van der Waals surface area contributed by atoms with E-state index in [4.69, 9.17) is 22.2 Å². The van der Waals surface area contributed by atoms with Gasteiger partial charge in [-0.15, -0.1) is 0 Å². The number of nitrogen functional groups attached to an aromatic ring is 1. The van der Waals surface area contributed by atoms with Gasteiger partial charge in [0.25, 0.3) is 0 Å². The second-order valence-electron chi connectivity index (χ2n) is 4.55. The minimum absolute atomic E-state index is 0.179. The molecule has 1 aliphatic rings. The van der Waals surface area contributed by atoms with Gasteiger partial charge in [-0.05, 0) is 31.0 Å². The molecule has 0 radical (unpaired) electrons. The summed E-state index contributed by atoms with van der Waals surface area (Å²) in [5.41, 5.74) is 2.48. The minimum Gasteiger partial charge on any atom is -0.437 e. The van der Waals surface area contributed by atoms with Crippen LogP contribution in [-0.4, -0.2) is 9.97 Å². The second-order valence-corrected chi connectivity index (χ2v) is 4.95. The first kappa shape index (κ1) is 13.1. The van der Waals surface area contributed by atoms with Crippen LogP contribution in [0.4, 0.5) is 10.2 Å². The minimum atomic E-state index is -0.423. The molecule has 5 nitrogen and oxygen atoms in total. The van der Waals surface area contributed by atoms with E-state index < -0.39 is 5.82 Å². The Bertz CT molecular complexity index is 648. The SMILES string of the molecule is NNc1cc(Oc2ccc(F)cc2Cl)nc(C2CC2)n1. The zero-order chi connectivity index (χ0) is 14.1. The van der Waals surface area contributed by atoms with Crippen molar-refractivity contribution in [3.8, 4) is 11.6 Å². The van der Waals surface area contributed by atoms with Crippen LogP contribution in [0.2, 0.25) is 5.02 Å². The van der Waals surface area contributed by atoms with Gasteiger partial charge < -0.3 is 10.2 Å². The predicted molar refractivity (Wildman–Crippen MR) is 73.3 cm³/mol. The number of halogens is 2. The van der Waals surface area contributed by atoms with Crippen LogP contribution in [0.1, 0.15) is 24.6 Å². The van der Waals surface area contributed by atoms with E-state index in [2.05, 4.69) is 15.4 Å². The number of anilines is 1. The normalized spacial score (nSPS) is 14.2. The van der Waals surface area contributed by atoms with Crippen LogP contribution in [0.3, 0.4) is 0 Å². The van der Waals surface area contributed by atoms with E-state index in [0.29, 0.717) is 29.2 Å². The predicted octanol–water partition coefficient (Wildman–Crippen LogP) is 3.22. The lowest BCUT2D eigenvalue weighted by Crippen LogP contribution is -2.10. The Morgan fingerprint density at radius 3 is 2.75 bits per heavy atom. The summed E-state index contributed by atoms with van der Waals surface area (Å²) in [6.07, 6.45) is 2.12. The Balaban J connectivity index is 1.91. The summed E-state index contributed by atoms with van der Waals surface area (Å²) in [6, 6.07) is 5.46. The van der Waals surface area contributed by atoms with Crippen molar-refractivity contribution in [1.29, 1.82) is 0 Å². The van der Waals surface area contributed by atoms with Crippen molar-refractivity contribution in [3.05, 3.63) is 40.9 Å². The molecule has 1 aliphatic carbocycles. The number of aromatic nitrogens is 2. The molecule has 20 heavy (non-hydrogen) atoms. The molecule has 0 amide bonds. The molecule has 0 unspecified atom stereocenters. The van der Waals surface area contributed by atoms with E-state index in [9.17, 15) is 4.39 Å². The van der Waals surface area contributed by atoms with Gasteiger partial charge in [-0.25, -0.2) is 15.2 Å². The molecule has 2 aromatic rings. The molecule has 1 heterocycles. The van der Waals surface area contributed by atoms with Crippen molar-refractivity contribution in [3.63, 3.8) is 0 Å². The van der Waals surface area contributed by atoms with Gasteiger partial charge in [-0.2, -0.15) is 4.98 Å². The number of nitrogens with one attached hydrogen (secondary N) is 1. The van der Waals surface area contributed by atoms with E-state index in [1.54, 1.807) is 6.07 Å². The Kier molecular flexibility index (Phi) is 3.42. The number of nitrogens with zero attached hydrogens (tertiary/aromatic N) is 2. The van der Waals surface area contributed by atoms with Gasteiger partial charge in [0.2, 0.25) is 5.88 Å². The van der Waals surface area contributed by atoms with Crippen molar-refractivity contribution in [2.45, 2.75) is 18.8 Å². The van der Waals surface area contributed by atoms with Gasteiger partial charge in [0.1, 0.15) is 23.2 Å². The molecule has 0 atom stereocenters. The largest absolute Gasteiger partial charge is 0.437 e. The van der Waals surface area contributed by atoms with Crippen LogP contribution < -0.4 is 16.0 Å². The van der Waals surface area contributed by atoms with Crippen LogP contribution in [0, 0.1) is 5.82 Å². The quantitative estimate of drug-likeness (QED) is 0.669. The topological polar surface area (TPSA) is 73.1 Å². The summed E-state index contributed by atoms with van der Waals surface area (Å²) in [4.78, 5) is 8.59. The number of ether oxygens (including phenoxy) is 1. The first-order valence-electron chi connectivity index (χ1n) is 6.14. The van der Waals surface area contributed by atoms with Crippen LogP contribution in [0.5, 0.6) is 11.6 Å². The standard InChI is InChI=1S/C13H12ClFN4O/c14-9-5-8(15)3-4-10(9)20-12-6-11(19-16)17-13(18-12)7-1-2-7/h3-7H,1-2,16H2,(H,17,18,19). The molecule has 3 rings (SSSR count). The molecule has 1 aromatic carbocycles. The van der Waals surface area contributed by atoms with Crippen LogP contribution in [0.15, 0.2) is 24.3 Å². The van der Waals surface area contributed by atoms with Crippen molar-refractivity contribution < 1.29 is 9.13 Å². The third-order valence-electron chi connectivity index (χ3n) is 2.92. The average Bonchev–Trinajstić information content (AvgIpc) is 3.26. The number of hydrogen-bond donors (Lipinski definition) is 2. The fourth-order valence-corrected chi connectivity index (χ4v) is 1.97. The van der Waals surface area contributed by atoms with Crippen molar-refractivity contribution in [2.75, 3.05) is 5.43 Å².